The van der Waals surface area contributed by atoms with E-state index in [1.54, 1.807) is 18.2 Å². The van der Waals surface area contributed by atoms with Crippen molar-refractivity contribution in [2.75, 3.05) is 33.0 Å². The van der Waals surface area contributed by atoms with Crippen LogP contribution in [0.2, 0.25) is 0 Å². The van der Waals surface area contributed by atoms with Crippen molar-refractivity contribution in [1.29, 1.82) is 5.26 Å². The molecule has 6 nitrogen and oxygen atoms in total. The van der Waals surface area contributed by atoms with E-state index in [0.717, 1.165) is 5.56 Å². The predicted octanol–water partition coefficient (Wildman–Crippen LogP) is 2.44. The summed E-state index contributed by atoms with van der Waals surface area (Å²) in [6.45, 7) is 2.73. The van der Waals surface area contributed by atoms with Gasteiger partial charge in [0.15, 0.2) is 11.5 Å². The zero-order chi connectivity index (χ0) is 17.9. The van der Waals surface area contributed by atoms with Gasteiger partial charge in [0.2, 0.25) is 6.79 Å². The van der Waals surface area contributed by atoms with Gasteiger partial charge in [0.1, 0.15) is 6.04 Å². The van der Waals surface area contributed by atoms with Crippen molar-refractivity contribution >= 4 is 5.91 Å². The van der Waals surface area contributed by atoms with Crippen LogP contribution >= 0.6 is 0 Å². The predicted molar refractivity (Wildman–Crippen MR) is 94.8 cm³/mol. The fourth-order valence-corrected chi connectivity index (χ4v) is 3.40. The van der Waals surface area contributed by atoms with Gasteiger partial charge in [0, 0.05) is 31.7 Å². The maximum Gasteiger partial charge on any atom is 0.254 e. The molecule has 0 aliphatic carbocycles. The van der Waals surface area contributed by atoms with Crippen LogP contribution in [-0.2, 0) is 0 Å². The van der Waals surface area contributed by atoms with Gasteiger partial charge in [0.05, 0.1) is 6.07 Å². The van der Waals surface area contributed by atoms with Gasteiger partial charge in [0.25, 0.3) is 5.91 Å². The first-order chi connectivity index (χ1) is 12.8. The first-order valence-electron chi connectivity index (χ1n) is 8.64. The number of amides is 1. The van der Waals surface area contributed by atoms with E-state index in [2.05, 4.69) is 11.0 Å². The van der Waals surface area contributed by atoms with Gasteiger partial charge in [-0.05, 0) is 23.8 Å². The fraction of sp³-hybridized carbons (Fsp3) is 0.300. The fourth-order valence-electron chi connectivity index (χ4n) is 3.40. The third-order valence-electron chi connectivity index (χ3n) is 4.82. The van der Waals surface area contributed by atoms with Gasteiger partial charge in [-0.1, -0.05) is 30.3 Å². The topological polar surface area (TPSA) is 65.8 Å². The second-order valence-electron chi connectivity index (χ2n) is 6.34. The summed E-state index contributed by atoms with van der Waals surface area (Å²) in [5.74, 6) is 1.27. The monoisotopic (exact) mass is 349 g/mol. The molecule has 26 heavy (non-hydrogen) atoms. The number of carbonyl (C=O) groups is 1. The van der Waals surface area contributed by atoms with Gasteiger partial charge >= 0.3 is 0 Å². The lowest BCUT2D eigenvalue weighted by molar-refractivity contribution is 0.0606. The molecule has 0 spiro atoms. The lowest BCUT2D eigenvalue weighted by Crippen LogP contribution is -2.49. The molecule has 1 amide bonds. The molecule has 2 heterocycles. The van der Waals surface area contributed by atoms with E-state index in [0.29, 0.717) is 43.2 Å². The van der Waals surface area contributed by atoms with Crippen LogP contribution in [0.15, 0.2) is 48.5 Å². The number of nitriles is 1. The smallest absolute Gasteiger partial charge is 0.254 e. The van der Waals surface area contributed by atoms with E-state index in [1.165, 1.54) is 0 Å². The summed E-state index contributed by atoms with van der Waals surface area (Å²) in [6.07, 6.45) is 0. The summed E-state index contributed by atoms with van der Waals surface area (Å²) in [5, 5.41) is 9.58. The average molecular weight is 349 g/mol. The number of carbonyl (C=O) groups excluding carboxylic acids is 1. The van der Waals surface area contributed by atoms with E-state index in [1.807, 2.05) is 35.2 Å². The Bertz CT molecular complexity index is 839. The number of fused-ring (bicyclic) bond motifs is 1. The summed E-state index contributed by atoms with van der Waals surface area (Å²) in [6, 6.07) is 17.2. The maximum absolute atomic E-state index is 12.8. The molecular weight excluding hydrogens is 330 g/mol. The summed E-state index contributed by atoms with van der Waals surface area (Å²) in [4.78, 5) is 16.7. The van der Waals surface area contributed by atoms with E-state index in [9.17, 15) is 10.1 Å². The lowest BCUT2D eigenvalue weighted by Gasteiger charge is -2.37. The van der Waals surface area contributed by atoms with Crippen molar-refractivity contribution in [1.82, 2.24) is 9.80 Å². The minimum Gasteiger partial charge on any atom is -0.454 e. The molecule has 1 atom stereocenters. The lowest BCUT2D eigenvalue weighted by atomic mass is 10.1. The minimum absolute atomic E-state index is 0.0174. The van der Waals surface area contributed by atoms with Crippen LogP contribution in [0, 0.1) is 11.3 Å². The van der Waals surface area contributed by atoms with E-state index in [4.69, 9.17) is 9.47 Å². The van der Waals surface area contributed by atoms with Crippen molar-refractivity contribution in [3.05, 3.63) is 59.7 Å². The van der Waals surface area contributed by atoms with Crippen molar-refractivity contribution < 1.29 is 14.3 Å². The summed E-state index contributed by atoms with van der Waals surface area (Å²) in [7, 11) is 0. The average Bonchev–Trinajstić information content (AvgIpc) is 3.17. The van der Waals surface area contributed by atoms with Crippen molar-refractivity contribution in [2.45, 2.75) is 6.04 Å². The molecule has 132 valence electrons. The normalized spacial score (nSPS) is 17.6. The Morgan fingerprint density at radius 3 is 2.46 bits per heavy atom. The molecule has 2 aliphatic rings. The SMILES string of the molecule is N#C[C@H](c1ccccc1)N1CCN(C(=O)c2ccc3c(c2)OCO3)CC1. The molecule has 1 saturated heterocycles. The highest BCUT2D eigenvalue weighted by molar-refractivity contribution is 5.95. The number of hydrogen-bond acceptors (Lipinski definition) is 5. The molecule has 0 aromatic heterocycles. The Kier molecular flexibility index (Phi) is 4.46. The van der Waals surface area contributed by atoms with Crippen LogP contribution in [0.1, 0.15) is 22.0 Å². The first kappa shape index (κ1) is 16.4. The zero-order valence-electron chi connectivity index (χ0n) is 14.3. The quantitative estimate of drug-likeness (QED) is 0.851. The van der Waals surface area contributed by atoms with Crippen molar-refractivity contribution in [3.63, 3.8) is 0 Å². The molecule has 0 saturated carbocycles. The van der Waals surface area contributed by atoms with Crippen LogP contribution in [0.4, 0.5) is 0 Å². The van der Waals surface area contributed by atoms with Crippen LogP contribution in [0.25, 0.3) is 0 Å². The Balaban J connectivity index is 1.42. The standard InChI is InChI=1S/C20H19N3O3/c21-13-17(15-4-2-1-3-5-15)22-8-10-23(11-9-22)20(24)16-6-7-18-19(12-16)26-14-25-18/h1-7,12,17H,8-11,14H2/t17-/m1/s1. The highest BCUT2D eigenvalue weighted by Crippen LogP contribution is 2.33. The molecule has 2 aromatic carbocycles. The second-order valence-corrected chi connectivity index (χ2v) is 6.34. The number of nitrogens with zero attached hydrogens (tertiary/aromatic N) is 3. The molecule has 2 aliphatic heterocycles. The molecular formula is C20H19N3O3. The van der Waals surface area contributed by atoms with Gasteiger partial charge in [-0.3, -0.25) is 9.69 Å². The number of piperazine rings is 1. The first-order valence-corrected chi connectivity index (χ1v) is 8.64. The summed E-state index contributed by atoms with van der Waals surface area (Å²) < 4.78 is 10.6. The number of ether oxygens (including phenoxy) is 2. The minimum atomic E-state index is -0.279. The van der Waals surface area contributed by atoms with Crippen LogP contribution in [-0.4, -0.2) is 48.7 Å². The van der Waals surface area contributed by atoms with E-state index >= 15 is 0 Å². The largest absolute Gasteiger partial charge is 0.454 e. The van der Waals surface area contributed by atoms with Gasteiger partial charge < -0.3 is 14.4 Å². The van der Waals surface area contributed by atoms with Crippen molar-refractivity contribution in [3.8, 4) is 17.6 Å². The Morgan fingerprint density at radius 1 is 1.00 bits per heavy atom. The highest BCUT2D eigenvalue weighted by atomic mass is 16.7. The molecule has 2 aromatic rings. The number of benzene rings is 2. The van der Waals surface area contributed by atoms with Gasteiger partial charge in [-0.15, -0.1) is 0 Å². The third kappa shape index (κ3) is 3.09. The summed E-state index contributed by atoms with van der Waals surface area (Å²) in [5.41, 5.74) is 1.59. The molecule has 4 rings (SSSR count). The molecule has 1 fully saturated rings. The Morgan fingerprint density at radius 2 is 1.73 bits per heavy atom. The van der Waals surface area contributed by atoms with Crippen LogP contribution < -0.4 is 9.47 Å². The Labute approximate surface area is 152 Å². The third-order valence-corrected chi connectivity index (χ3v) is 4.82. The Hall–Kier alpha value is -3.04. The molecule has 0 N–H and O–H groups in total. The molecule has 0 bridgehead atoms. The van der Waals surface area contributed by atoms with E-state index in [-0.39, 0.29) is 18.7 Å². The molecule has 0 unspecified atom stereocenters. The molecule has 6 heteroatoms. The van der Waals surface area contributed by atoms with Gasteiger partial charge in [-0.2, -0.15) is 5.26 Å². The van der Waals surface area contributed by atoms with Crippen LogP contribution in [0.3, 0.4) is 0 Å². The molecule has 0 radical (unpaired) electrons. The van der Waals surface area contributed by atoms with Crippen LogP contribution in [0.5, 0.6) is 11.5 Å². The highest BCUT2D eigenvalue weighted by Gasteiger charge is 2.28. The van der Waals surface area contributed by atoms with E-state index < -0.39 is 0 Å². The van der Waals surface area contributed by atoms with Gasteiger partial charge in [-0.25, -0.2) is 0 Å². The second kappa shape index (κ2) is 7.06. The zero-order valence-corrected chi connectivity index (χ0v) is 14.3. The maximum atomic E-state index is 12.8. The van der Waals surface area contributed by atoms with Crippen molar-refractivity contribution in [2.24, 2.45) is 0 Å². The number of hydrogen-bond donors (Lipinski definition) is 0. The number of rotatable bonds is 3. The summed E-state index contributed by atoms with van der Waals surface area (Å²) >= 11 is 0.